The Kier molecular flexibility index (Phi) is 6.94. The Bertz CT molecular complexity index is 2990. The molecule has 0 saturated heterocycles. The van der Waals surface area contributed by atoms with E-state index in [1.165, 1.54) is 98.7 Å². The van der Waals surface area contributed by atoms with Gasteiger partial charge >= 0.3 is 0 Å². The van der Waals surface area contributed by atoms with Gasteiger partial charge in [0.2, 0.25) is 0 Å². The molecule has 0 N–H and O–H groups in total. The quantitative estimate of drug-likeness (QED) is 0.159. The van der Waals surface area contributed by atoms with Crippen molar-refractivity contribution in [2.75, 3.05) is 0 Å². The zero-order valence-electron chi connectivity index (χ0n) is 30.1. The average Bonchev–Trinajstić information content (AvgIpc) is 3.46. The van der Waals surface area contributed by atoms with Crippen LogP contribution in [0.25, 0.3) is 99.7 Å². The Balaban J connectivity index is 1.15. The van der Waals surface area contributed by atoms with E-state index in [-0.39, 0.29) is 5.41 Å². The number of hydrogen-bond donors (Lipinski definition) is 0. The maximum Gasteiger partial charge on any atom is 0.0171 e. The third-order valence-electron chi connectivity index (χ3n) is 11.7. The number of fused-ring (bicyclic) bond motifs is 10. The standard InChI is InChI=1S/C53H38/c1-5-38-39(6-2)49(37-31-26-33-16-7-8-17-36(33)32-37)45-22-13-12-21-44(45)48(38)35-29-27-34(28-30-35)40-24-15-25-47-50-43-20-11-9-18-41(43)42-19-10-14-23-46(42)52(50)53(3,4)51(40)47/h5-32H,1-2H2,3-4H3. The van der Waals surface area contributed by atoms with Gasteiger partial charge in [0, 0.05) is 5.41 Å². The molecule has 0 heterocycles. The molecule has 0 fully saturated rings. The van der Waals surface area contributed by atoms with E-state index < -0.39 is 0 Å². The van der Waals surface area contributed by atoms with Gasteiger partial charge in [0.15, 0.2) is 0 Å². The van der Waals surface area contributed by atoms with Crippen LogP contribution in [-0.4, -0.2) is 0 Å². The maximum atomic E-state index is 4.35. The van der Waals surface area contributed by atoms with Gasteiger partial charge in [0.1, 0.15) is 0 Å². The first-order chi connectivity index (χ1) is 26.0. The fraction of sp³-hybridized carbons (Fsp3) is 0.0566. The molecule has 0 atom stereocenters. The predicted octanol–water partition coefficient (Wildman–Crippen LogP) is 14.9. The second-order valence-corrected chi connectivity index (χ2v) is 14.9. The Hall–Kier alpha value is -6.50. The first kappa shape index (κ1) is 31.3. The minimum Gasteiger partial charge on any atom is -0.0984 e. The largest absolute Gasteiger partial charge is 0.0984 e. The molecule has 250 valence electrons. The van der Waals surface area contributed by atoms with Crippen LogP contribution in [0.2, 0.25) is 0 Å². The highest BCUT2D eigenvalue weighted by molar-refractivity contribution is 6.19. The Morgan fingerprint density at radius 1 is 0.377 bits per heavy atom. The molecule has 0 saturated carbocycles. The summed E-state index contributed by atoms with van der Waals surface area (Å²) >= 11 is 0. The molecule has 0 bridgehead atoms. The second-order valence-electron chi connectivity index (χ2n) is 14.9. The van der Waals surface area contributed by atoms with Crippen LogP contribution in [-0.2, 0) is 5.41 Å². The Morgan fingerprint density at radius 2 is 0.849 bits per heavy atom. The molecule has 1 aliphatic rings. The van der Waals surface area contributed by atoms with Gasteiger partial charge in [-0.05, 0) is 116 Å². The summed E-state index contributed by atoms with van der Waals surface area (Å²) in [5, 5.41) is 10.2. The fourth-order valence-corrected chi connectivity index (χ4v) is 9.56. The highest BCUT2D eigenvalue weighted by Gasteiger charge is 2.40. The van der Waals surface area contributed by atoms with Crippen LogP contribution >= 0.6 is 0 Å². The summed E-state index contributed by atoms with van der Waals surface area (Å²) < 4.78 is 0. The van der Waals surface area contributed by atoms with Crippen LogP contribution in [0.1, 0.15) is 36.1 Å². The fourth-order valence-electron chi connectivity index (χ4n) is 9.56. The van der Waals surface area contributed by atoms with Gasteiger partial charge < -0.3 is 0 Å². The van der Waals surface area contributed by atoms with E-state index in [0.717, 1.165) is 11.1 Å². The SMILES string of the molecule is C=Cc1c(C=C)c(-c2ccc3ccccc3c2)c2ccccc2c1-c1ccc(-c2cccc3c2C(C)(C)c2c-3c3ccccc3c3ccccc23)cc1. The molecule has 0 nitrogen and oxygen atoms in total. The molecule has 0 radical (unpaired) electrons. The molecule has 10 rings (SSSR count). The van der Waals surface area contributed by atoms with Crippen LogP contribution < -0.4 is 0 Å². The highest BCUT2D eigenvalue weighted by atomic mass is 14.4. The molecule has 0 aromatic heterocycles. The van der Waals surface area contributed by atoms with Crippen molar-refractivity contribution in [3.05, 3.63) is 193 Å². The van der Waals surface area contributed by atoms with Gasteiger partial charge in [0.05, 0.1) is 0 Å². The van der Waals surface area contributed by atoms with Crippen molar-refractivity contribution in [3.8, 4) is 44.5 Å². The zero-order valence-corrected chi connectivity index (χ0v) is 30.1. The molecule has 0 unspecified atom stereocenters. The second kappa shape index (κ2) is 11.8. The summed E-state index contributed by atoms with van der Waals surface area (Å²) in [4.78, 5) is 0. The van der Waals surface area contributed by atoms with Crippen LogP contribution in [0.15, 0.2) is 171 Å². The van der Waals surface area contributed by atoms with Gasteiger partial charge in [-0.1, -0.05) is 191 Å². The van der Waals surface area contributed by atoms with Crippen molar-refractivity contribution in [2.24, 2.45) is 0 Å². The minimum atomic E-state index is -0.187. The van der Waals surface area contributed by atoms with Crippen molar-refractivity contribution >= 4 is 55.2 Å². The van der Waals surface area contributed by atoms with Crippen molar-refractivity contribution in [3.63, 3.8) is 0 Å². The summed E-state index contributed by atoms with van der Waals surface area (Å²) in [6, 6.07) is 58.1. The third-order valence-corrected chi connectivity index (χ3v) is 11.7. The summed E-state index contributed by atoms with van der Waals surface area (Å²) in [5.74, 6) is 0. The number of rotatable bonds is 5. The van der Waals surface area contributed by atoms with Gasteiger partial charge in [-0.25, -0.2) is 0 Å². The lowest BCUT2D eigenvalue weighted by molar-refractivity contribution is 0.668. The van der Waals surface area contributed by atoms with E-state index in [9.17, 15) is 0 Å². The molecular formula is C53H38. The number of benzene rings is 9. The molecule has 0 aliphatic heterocycles. The monoisotopic (exact) mass is 674 g/mol. The minimum absolute atomic E-state index is 0.187. The van der Waals surface area contributed by atoms with E-state index >= 15 is 0 Å². The number of hydrogen-bond acceptors (Lipinski definition) is 0. The van der Waals surface area contributed by atoms with Crippen molar-refractivity contribution in [1.29, 1.82) is 0 Å². The first-order valence-corrected chi connectivity index (χ1v) is 18.5. The summed E-state index contributed by atoms with van der Waals surface area (Å²) in [7, 11) is 0. The Morgan fingerprint density at radius 3 is 1.49 bits per heavy atom. The van der Waals surface area contributed by atoms with Crippen molar-refractivity contribution in [2.45, 2.75) is 19.3 Å². The summed E-state index contributed by atoms with van der Waals surface area (Å²) in [5.41, 5.74) is 14.8. The van der Waals surface area contributed by atoms with Gasteiger partial charge in [-0.15, -0.1) is 0 Å². The van der Waals surface area contributed by atoms with Crippen LogP contribution in [0.3, 0.4) is 0 Å². The molecule has 53 heavy (non-hydrogen) atoms. The van der Waals surface area contributed by atoms with E-state index in [1.54, 1.807) is 0 Å². The highest BCUT2D eigenvalue weighted by Crippen LogP contribution is 2.57. The van der Waals surface area contributed by atoms with E-state index in [2.05, 4.69) is 185 Å². The topological polar surface area (TPSA) is 0 Å². The maximum absolute atomic E-state index is 4.35. The van der Waals surface area contributed by atoms with Crippen molar-refractivity contribution < 1.29 is 0 Å². The van der Waals surface area contributed by atoms with E-state index in [4.69, 9.17) is 0 Å². The Labute approximate surface area is 311 Å². The molecule has 0 spiro atoms. The van der Waals surface area contributed by atoms with Crippen molar-refractivity contribution in [1.82, 2.24) is 0 Å². The van der Waals surface area contributed by atoms with Gasteiger partial charge in [-0.3, -0.25) is 0 Å². The third kappa shape index (κ3) is 4.49. The van der Waals surface area contributed by atoms with Crippen LogP contribution in [0.4, 0.5) is 0 Å². The van der Waals surface area contributed by atoms with Gasteiger partial charge in [-0.2, -0.15) is 0 Å². The summed E-state index contributed by atoms with van der Waals surface area (Å²) in [6.07, 6.45) is 4.02. The van der Waals surface area contributed by atoms with E-state index in [0.29, 0.717) is 0 Å². The molecule has 9 aromatic rings. The molecule has 0 heteroatoms. The van der Waals surface area contributed by atoms with E-state index in [1.807, 2.05) is 12.2 Å². The van der Waals surface area contributed by atoms with Crippen LogP contribution in [0.5, 0.6) is 0 Å². The normalized spacial score (nSPS) is 13.0. The average molecular weight is 675 g/mol. The molecular weight excluding hydrogens is 637 g/mol. The molecule has 0 amide bonds. The lowest BCUT2D eigenvalue weighted by Crippen LogP contribution is -2.17. The smallest absolute Gasteiger partial charge is 0.0171 e. The summed E-state index contributed by atoms with van der Waals surface area (Å²) in [6.45, 7) is 13.5. The first-order valence-electron chi connectivity index (χ1n) is 18.5. The van der Waals surface area contributed by atoms with Crippen LogP contribution in [0, 0.1) is 0 Å². The zero-order chi connectivity index (χ0) is 35.8. The lowest BCUT2D eigenvalue weighted by Gasteiger charge is -2.26. The predicted molar refractivity (Wildman–Crippen MR) is 231 cm³/mol. The molecule has 9 aromatic carbocycles. The lowest BCUT2D eigenvalue weighted by atomic mass is 9.76. The molecule has 1 aliphatic carbocycles. The van der Waals surface area contributed by atoms with Gasteiger partial charge in [0.25, 0.3) is 0 Å².